The first-order valence-electron chi connectivity index (χ1n) is 3.27. The Kier molecular flexibility index (Phi) is 4.98. The number of hydrogen-bond acceptors (Lipinski definition) is 2. The summed E-state index contributed by atoms with van der Waals surface area (Å²) < 4.78 is 2.50. The highest BCUT2D eigenvalue weighted by atomic mass is 35.6. The molecule has 0 bridgehead atoms. The molecule has 1 atom stereocenters. The van der Waals surface area contributed by atoms with Crippen LogP contribution in [0.15, 0.2) is 12.7 Å². The normalized spacial score (nSPS) is 13.7. The third-order valence-corrected chi connectivity index (χ3v) is 1.37. The standard InChI is InChI=1S/C7H9Cl3O2/c1-3-4-5(2)6(11)12-7(8,9)10/h3,5H,1,4H2,2H3. The van der Waals surface area contributed by atoms with Gasteiger partial charge in [-0.1, -0.05) is 13.0 Å². The monoisotopic (exact) mass is 230 g/mol. The van der Waals surface area contributed by atoms with E-state index >= 15 is 0 Å². The average Bonchev–Trinajstić information content (AvgIpc) is 1.84. The Morgan fingerprint density at radius 3 is 2.50 bits per heavy atom. The van der Waals surface area contributed by atoms with Gasteiger partial charge in [-0.25, -0.2) is 0 Å². The molecule has 2 nitrogen and oxygen atoms in total. The molecule has 0 aliphatic rings. The summed E-state index contributed by atoms with van der Waals surface area (Å²) >= 11 is 15.7. The highest BCUT2D eigenvalue weighted by molar-refractivity contribution is 6.66. The third-order valence-electron chi connectivity index (χ3n) is 1.14. The van der Waals surface area contributed by atoms with Crippen LogP contribution >= 0.6 is 34.8 Å². The van der Waals surface area contributed by atoms with Crippen molar-refractivity contribution in [2.45, 2.75) is 17.3 Å². The van der Waals surface area contributed by atoms with Crippen molar-refractivity contribution in [3.63, 3.8) is 0 Å². The highest BCUT2D eigenvalue weighted by Gasteiger charge is 2.27. The molecule has 0 radical (unpaired) electrons. The van der Waals surface area contributed by atoms with Crippen molar-refractivity contribution in [1.82, 2.24) is 0 Å². The van der Waals surface area contributed by atoms with E-state index in [1.54, 1.807) is 13.0 Å². The van der Waals surface area contributed by atoms with Crippen LogP contribution in [-0.2, 0) is 9.53 Å². The van der Waals surface area contributed by atoms with E-state index in [-0.39, 0.29) is 5.92 Å². The zero-order valence-corrected chi connectivity index (χ0v) is 8.79. The van der Waals surface area contributed by atoms with Gasteiger partial charge in [-0.3, -0.25) is 4.79 Å². The van der Waals surface area contributed by atoms with Crippen LogP contribution in [0.1, 0.15) is 13.3 Å². The van der Waals surface area contributed by atoms with Crippen molar-refractivity contribution in [2.24, 2.45) is 5.92 Å². The molecule has 0 aromatic rings. The number of carbonyl (C=O) groups is 1. The minimum atomic E-state index is -1.97. The second-order valence-electron chi connectivity index (χ2n) is 2.29. The van der Waals surface area contributed by atoms with Gasteiger partial charge in [0, 0.05) is 0 Å². The van der Waals surface area contributed by atoms with Gasteiger partial charge in [0.25, 0.3) is 0 Å². The summed E-state index contributed by atoms with van der Waals surface area (Å²) in [7, 11) is 0. The van der Waals surface area contributed by atoms with Gasteiger partial charge in [0.2, 0.25) is 0 Å². The van der Waals surface area contributed by atoms with E-state index in [0.29, 0.717) is 6.42 Å². The molecular weight excluding hydrogens is 222 g/mol. The molecule has 12 heavy (non-hydrogen) atoms. The van der Waals surface area contributed by atoms with Crippen molar-refractivity contribution in [3.05, 3.63) is 12.7 Å². The zero-order chi connectivity index (χ0) is 9.78. The summed E-state index contributed by atoms with van der Waals surface area (Å²) in [6, 6.07) is 0. The summed E-state index contributed by atoms with van der Waals surface area (Å²) in [5, 5.41) is 0. The number of hydrogen-bond donors (Lipinski definition) is 0. The Labute approximate surface area is 86.4 Å². The van der Waals surface area contributed by atoms with Crippen LogP contribution < -0.4 is 0 Å². The summed E-state index contributed by atoms with van der Waals surface area (Å²) in [5.41, 5.74) is 0. The molecule has 0 aromatic heterocycles. The largest absolute Gasteiger partial charge is 0.414 e. The Morgan fingerprint density at radius 2 is 2.17 bits per heavy atom. The van der Waals surface area contributed by atoms with Gasteiger partial charge < -0.3 is 4.74 Å². The van der Waals surface area contributed by atoms with Crippen LogP contribution in [0.25, 0.3) is 0 Å². The van der Waals surface area contributed by atoms with Crippen molar-refractivity contribution in [1.29, 1.82) is 0 Å². The van der Waals surface area contributed by atoms with Crippen molar-refractivity contribution >= 4 is 40.8 Å². The first-order valence-corrected chi connectivity index (χ1v) is 4.40. The molecule has 0 spiro atoms. The van der Waals surface area contributed by atoms with Crippen molar-refractivity contribution in [3.8, 4) is 0 Å². The molecule has 0 aromatic carbocycles. The smallest absolute Gasteiger partial charge is 0.340 e. The molecule has 0 aliphatic carbocycles. The van der Waals surface area contributed by atoms with Crippen LogP contribution in [0.5, 0.6) is 0 Å². The van der Waals surface area contributed by atoms with Crippen LogP contribution in [0.4, 0.5) is 0 Å². The van der Waals surface area contributed by atoms with E-state index in [1.807, 2.05) is 0 Å². The van der Waals surface area contributed by atoms with E-state index in [2.05, 4.69) is 11.3 Å². The molecule has 0 saturated heterocycles. The van der Waals surface area contributed by atoms with Gasteiger partial charge in [-0.05, 0) is 41.2 Å². The quantitative estimate of drug-likeness (QED) is 0.424. The zero-order valence-electron chi connectivity index (χ0n) is 6.52. The number of ether oxygens (including phenoxy) is 1. The molecule has 0 saturated carbocycles. The van der Waals surface area contributed by atoms with Crippen LogP contribution in [0.3, 0.4) is 0 Å². The molecule has 0 amide bonds. The lowest BCUT2D eigenvalue weighted by Crippen LogP contribution is -2.21. The van der Waals surface area contributed by atoms with E-state index < -0.39 is 9.95 Å². The molecule has 70 valence electrons. The molecule has 0 N–H and O–H groups in total. The van der Waals surface area contributed by atoms with E-state index in [9.17, 15) is 4.79 Å². The van der Waals surface area contributed by atoms with E-state index in [4.69, 9.17) is 34.8 Å². The fourth-order valence-corrected chi connectivity index (χ4v) is 0.789. The molecule has 0 aliphatic heterocycles. The average molecular weight is 232 g/mol. The third kappa shape index (κ3) is 5.70. The SMILES string of the molecule is C=CCC(C)C(=O)OC(Cl)(Cl)Cl. The number of rotatable bonds is 3. The summed E-state index contributed by atoms with van der Waals surface area (Å²) in [5.74, 6) is -0.881. The minimum Gasteiger partial charge on any atom is -0.414 e. The van der Waals surface area contributed by atoms with E-state index in [1.165, 1.54) is 0 Å². The van der Waals surface area contributed by atoms with Crippen molar-refractivity contribution < 1.29 is 9.53 Å². The molecular formula is C7H9Cl3O2. The Hall–Kier alpha value is 0.0800. The minimum absolute atomic E-state index is 0.335. The van der Waals surface area contributed by atoms with Crippen LogP contribution in [0.2, 0.25) is 0 Å². The Bertz CT molecular complexity index is 174. The van der Waals surface area contributed by atoms with E-state index in [0.717, 1.165) is 0 Å². The van der Waals surface area contributed by atoms with Gasteiger partial charge in [-0.2, -0.15) is 0 Å². The maximum Gasteiger partial charge on any atom is 0.340 e. The number of esters is 1. The number of allylic oxidation sites excluding steroid dienone is 1. The molecule has 0 rings (SSSR count). The Morgan fingerprint density at radius 1 is 1.67 bits per heavy atom. The number of halogens is 3. The predicted molar refractivity (Wildman–Crippen MR) is 50.4 cm³/mol. The van der Waals surface area contributed by atoms with Gasteiger partial charge in [0.05, 0.1) is 5.92 Å². The van der Waals surface area contributed by atoms with Crippen LogP contribution in [-0.4, -0.2) is 9.95 Å². The Balaban J connectivity index is 3.95. The lowest BCUT2D eigenvalue weighted by Gasteiger charge is -2.14. The van der Waals surface area contributed by atoms with Gasteiger partial charge in [0.1, 0.15) is 0 Å². The maximum absolute atomic E-state index is 11.0. The van der Waals surface area contributed by atoms with Crippen molar-refractivity contribution in [2.75, 3.05) is 0 Å². The summed E-state index contributed by atoms with van der Waals surface area (Å²) in [6.07, 6.45) is 2.10. The van der Waals surface area contributed by atoms with Crippen LogP contribution in [0, 0.1) is 5.92 Å². The molecule has 0 fully saturated rings. The fraction of sp³-hybridized carbons (Fsp3) is 0.571. The highest BCUT2D eigenvalue weighted by Crippen LogP contribution is 2.28. The fourth-order valence-electron chi connectivity index (χ4n) is 0.561. The number of carbonyl (C=O) groups excluding carboxylic acids is 1. The topological polar surface area (TPSA) is 26.3 Å². The van der Waals surface area contributed by atoms with Gasteiger partial charge >= 0.3 is 9.95 Å². The molecule has 0 heterocycles. The lowest BCUT2D eigenvalue weighted by atomic mass is 10.1. The number of alkyl halides is 3. The molecule has 5 heteroatoms. The summed E-state index contributed by atoms with van der Waals surface area (Å²) in [6.45, 7) is 5.14. The second kappa shape index (κ2) is 4.95. The lowest BCUT2D eigenvalue weighted by molar-refractivity contribution is -0.148. The second-order valence-corrected chi connectivity index (χ2v) is 4.47. The predicted octanol–water partition coefficient (Wildman–Crippen LogP) is 3.07. The molecule has 1 unspecified atom stereocenters. The first kappa shape index (κ1) is 12.1. The maximum atomic E-state index is 11.0. The van der Waals surface area contributed by atoms with Gasteiger partial charge in [-0.15, -0.1) is 6.58 Å². The van der Waals surface area contributed by atoms with Gasteiger partial charge in [0.15, 0.2) is 0 Å². The summed E-state index contributed by atoms with van der Waals surface area (Å²) in [4.78, 5) is 11.0. The first-order chi connectivity index (χ1) is 5.37.